The van der Waals surface area contributed by atoms with Gasteiger partial charge in [-0.2, -0.15) is 0 Å². The lowest BCUT2D eigenvalue weighted by atomic mass is 10.3. The number of nitrogens with zero attached hydrogens (tertiary/aromatic N) is 1. The number of rotatable bonds is 2. The van der Waals surface area contributed by atoms with Crippen molar-refractivity contribution in [3.8, 4) is 5.75 Å². The highest BCUT2D eigenvalue weighted by Crippen LogP contribution is 2.09. The van der Waals surface area contributed by atoms with Crippen LogP contribution in [-0.4, -0.2) is 22.7 Å². The summed E-state index contributed by atoms with van der Waals surface area (Å²) in [6.45, 7) is 2.03. The molecule has 1 heterocycles. The molecule has 0 spiro atoms. The highest BCUT2D eigenvalue weighted by molar-refractivity contribution is 5.89. The van der Waals surface area contributed by atoms with Crippen LogP contribution in [0.2, 0.25) is 0 Å². The van der Waals surface area contributed by atoms with E-state index in [2.05, 4.69) is 4.98 Å². The lowest BCUT2D eigenvalue weighted by Gasteiger charge is -2.00. The van der Waals surface area contributed by atoms with Gasteiger partial charge in [0.2, 0.25) is 0 Å². The third kappa shape index (κ3) is 1.95. The smallest absolute Gasteiger partial charge is 0.339 e. The van der Waals surface area contributed by atoms with E-state index >= 15 is 0 Å². The minimum atomic E-state index is -0.471. The number of esters is 1. The van der Waals surface area contributed by atoms with Crippen molar-refractivity contribution >= 4 is 5.97 Å². The highest BCUT2D eigenvalue weighted by atomic mass is 16.5. The van der Waals surface area contributed by atoms with Crippen LogP contribution in [0.25, 0.3) is 0 Å². The lowest BCUT2D eigenvalue weighted by Crippen LogP contribution is -2.04. The third-order valence-electron chi connectivity index (χ3n) is 1.23. The molecule has 1 aromatic rings. The van der Waals surface area contributed by atoms with Crippen LogP contribution < -0.4 is 0 Å². The molecule has 0 bridgehead atoms. The Morgan fingerprint density at radius 3 is 3.00 bits per heavy atom. The minimum absolute atomic E-state index is 0.0412. The summed E-state index contributed by atoms with van der Waals surface area (Å²) >= 11 is 0. The maximum absolute atomic E-state index is 11.0. The van der Waals surface area contributed by atoms with Crippen molar-refractivity contribution in [3.05, 3.63) is 24.0 Å². The van der Waals surface area contributed by atoms with Gasteiger partial charge in [0, 0.05) is 6.20 Å². The van der Waals surface area contributed by atoms with Crippen LogP contribution in [0.15, 0.2) is 18.5 Å². The van der Waals surface area contributed by atoms with E-state index in [1.54, 1.807) is 6.92 Å². The number of pyridine rings is 1. The molecule has 1 aromatic heterocycles. The molecule has 4 nitrogen and oxygen atoms in total. The fourth-order valence-electron chi connectivity index (χ4n) is 0.754. The first-order valence-electron chi connectivity index (χ1n) is 3.55. The average molecular weight is 167 g/mol. The molecule has 0 unspecified atom stereocenters. The number of carbonyl (C=O) groups excluding carboxylic acids is 1. The molecule has 64 valence electrons. The Bertz CT molecular complexity index is 285. The van der Waals surface area contributed by atoms with Crippen LogP contribution in [0.3, 0.4) is 0 Å². The zero-order chi connectivity index (χ0) is 8.97. The van der Waals surface area contributed by atoms with Gasteiger partial charge in [-0.3, -0.25) is 4.98 Å². The molecule has 12 heavy (non-hydrogen) atoms. The summed E-state index contributed by atoms with van der Waals surface area (Å²) in [5, 5.41) is 8.96. The number of aromatic hydroxyl groups is 1. The van der Waals surface area contributed by atoms with Crippen molar-refractivity contribution < 1.29 is 14.6 Å². The minimum Gasteiger partial charge on any atom is -0.506 e. The third-order valence-corrected chi connectivity index (χ3v) is 1.23. The van der Waals surface area contributed by atoms with Gasteiger partial charge in [0.15, 0.2) is 0 Å². The molecule has 0 aromatic carbocycles. The molecular formula is C8H9NO3. The molecule has 0 aliphatic carbocycles. The largest absolute Gasteiger partial charge is 0.506 e. The Morgan fingerprint density at radius 1 is 1.67 bits per heavy atom. The molecule has 0 aliphatic rings. The molecule has 1 rings (SSSR count). The standard InChI is InChI=1S/C8H9NO3/c1-2-12-8(11)6-3-7(10)5-9-4-6/h3-5,10H,2H2,1H3. The van der Waals surface area contributed by atoms with Gasteiger partial charge in [-0.15, -0.1) is 0 Å². The summed E-state index contributed by atoms with van der Waals surface area (Å²) in [6, 6.07) is 1.31. The van der Waals surface area contributed by atoms with Gasteiger partial charge in [0.25, 0.3) is 0 Å². The molecule has 0 saturated heterocycles. The van der Waals surface area contributed by atoms with E-state index in [4.69, 9.17) is 9.84 Å². The topological polar surface area (TPSA) is 59.4 Å². The monoisotopic (exact) mass is 167 g/mol. The van der Waals surface area contributed by atoms with E-state index in [0.717, 1.165) is 0 Å². The van der Waals surface area contributed by atoms with Crippen molar-refractivity contribution in [2.45, 2.75) is 6.92 Å². The van der Waals surface area contributed by atoms with Crippen LogP contribution >= 0.6 is 0 Å². The summed E-state index contributed by atoms with van der Waals surface area (Å²) in [4.78, 5) is 14.7. The van der Waals surface area contributed by atoms with Crippen LogP contribution in [0.4, 0.5) is 0 Å². The second-order valence-electron chi connectivity index (χ2n) is 2.15. The summed E-state index contributed by atoms with van der Waals surface area (Å²) in [6.07, 6.45) is 2.60. The molecule has 0 amide bonds. The Kier molecular flexibility index (Phi) is 2.63. The summed E-state index contributed by atoms with van der Waals surface area (Å²) < 4.78 is 4.69. The average Bonchev–Trinajstić information content (AvgIpc) is 2.05. The molecular weight excluding hydrogens is 158 g/mol. The molecule has 0 fully saturated rings. The highest BCUT2D eigenvalue weighted by Gasteiger charge is 2.06. The fraction of sp³-hybridized carbons (Fsp3) is 0.250. The Hall–Kier alpha value is -1.58. The fourth-order valence-corrected chi connectivity index (χ4v) is 0.754. The van der Waals surface area contributed by atoms with Gasteiger partial charge >= 0.3 is 5.97 Å². The summed E-state index contributed by atoms with van der Waals surface area (Å²) in [5.41, 5.74) is 0.261. The second kappa shape index (κ2) is 3.71. The van der Waals surface area contributed by atoms with Crippen molar-refractivity contribution in [2.75, 3.05) is 6.61 Å². The van der Waals surface area contributed by atoms with Crippen molar-refractivity contribution in [1.29, 1.82) is 0 Å². The van der Waals surface area contributed by atoms with Gasteiger partial charge in [0.05, 0.1) is 18.4 Å². The molecule has 0 saturated carbocycles. The Labute approximate surface area is 69.8 Å². The predicted octanol–water partition coefficient (Wildman–Crippen LogP) is 0.964. The van der Waals surface area contributed by atoms with Crippen LogP contribution in [0.5, 0.6) is 5.75 Å². The van der Waals surface area contributed by atoms with Gasteiger partial charge < -0.3 is 9.84 Å². The molecule has 1 N–H and O–H groups in total. The number of carbonyl (C=O) groups is 1. The second-order valence-corrected chi connectivity index (χ2v) is 2.15. The molecule has 0 radical (unpaired) electrons. The Morgan fingerprint density at radius 2 is 2.42 bits per heavy atom. The molecule has 0 aliphatic heterocycles. The first kappa shape index (κ1) is 8.52. The number of aromatic nitrogens is 1. The maximum atomic E-state index is 11.0. The van der Waals surface area contributed by atoms with Crippen LogP contribution in [-0.2, 0) is 4.74 Å². The molecule has 0 atom stereocenters. The summed E-state index contributed by atoms with van der Waals surface area (Å²) in [7, 11) is 0. The normalized spacial score (nSPS) is 9.42. The SMILES string of the molecule is CCOC(=O)c1cncc(O)c1. The first-order valence-corrected chi connectivity index (χ1v) is 3.55. The van der Waals surface area contributed by atoms with E-state index in [-0.39, 0.29) is 11.3 Å². The zero-order valence-electron chi connectivity index (χ0n) is 6.65. The van der Waals surface area contributed by atoms with E-state index in [9.17, 15) is 4.79 Å². The van der Waals surface area contributed by atoms with E-state index in [0.29, 0.717) is 6.61 Å². The van der Waals surface area contributed by atoms with Gasteiger partial charge in [-0.1, -0.05) is 0 Å². The van der Waals surface area contributed by atoms with E-state index in [1.165, 1.54) is 18.5 Å². The van der Waals surface area contributed by atoms with Crippen LogP contribution in [0.1, 0.15) is 17.3 Å². The quantitative estimate of drug-likeness (QED) is 0.666. The van der Waals surface area contributed by atoms with Gasteiger partial charge in [0.1, 0.15) is 5.75 Å². The van der Waals surface area contributed by atoms with Gasteiger partial charge in [-0.25, -0.2) is 4.79 Å². The van der Waals surface area contributed by atoms with Crippen molar-refractivity contribution in [2.24, 2.45) is 0 Å². The summed E-state index contributed by atoms with van der Waals surface area (Å²) in [5.74, 6) is -0.513. The number of hydrogen-bond donors (Lipinski definition) is 1. The number of hydrogen-bond acceptors (Lipinski definition) is 4. The van der Waals surface area contributed by atoms with E-state index in [1.807, 2.05) is 0 Å². The van der Waals surface area contributed by atoms with Gasteiger partial charge in [-0.05, 0) is 13.0 Å². The first-order chi connectivity index (χ1) is 5.74. The van der Waals surface area contributed by atoms with Crippen LogP contribution in [0, 0.1) is 0 Å². The zero-order valence-corrected chi connectivity index (χ0v) is 6.65. The predicted molar refractivity (Wildman–Crippen MR) is 41.9 cm³/mol. The lowest BCUT2D eigenvalue weighted by molar-refractivity contribution is 0.0525. The Balaban J connectivity index is 2.81. The maximum Gasteiger partial charge on any atom is 0.339 e. The van der Waals surface area contributed by atoms with E-state index < -0.39 is 5.97 Å². The van der Waals surface area contributed by atoms with Crippen molar-refractivity contribution in [1.82, 2.24) is 4.98 Å². The van der Waals surface area contributed by atoms with Crippen molar-refractivity contribution in [3.63, 3.8) is 0 Å². The molecule has 4 heteroatoms. The number of ether oxygens (including phenoxy) is 1.